The number of hydrogen-bond acceptors (Lipinski definition) is 3. The van der Waals surface area contributed by atoms with Crippen molar-refractivity contribution >= 4 is 18.0 Å². The van der Waals surface area contributed by atoms with Crippen molar-refractivity contribution in [1.82, 2.24) is 0 Å². The molecule has 0 saturated heterocycles. The van der Waals surface area contributed by atoms with Crippen LogP contribution in [0.2, 0.25) is 0 Å². The van der Waals surface area contributed by atoms with Crippen molar-refractivity contribution < 1.29 is 21.2 Å². The molecule has 0 aliphatic carbocycles. The number of carbonyl (C=O) groups is 2. The van der Waals surface area contributed by atoms with Crippen molar-refractivity contribution in [2.45, 2.75) is 0 Å². The maximum atomic E-state index is 10.8. The maximum Gasteiger partial charge on any atom is 0.323 e. The fourth-order valence-electron chi connectivity index (χ4n) is 0.944. The highest BCUT2D eigenvalue weighted by Crippen LogP contribution is 2.16. The molecule has 1 amide bonds. The van der Waals surface area contributed by atoms with Gasteiger partial charge >= 0.3 is 5.97 Å². The lowest BCUT2D eigenvalue weighted by molar-refractivity contribution is -0.136. The average Bonchev–Trinajstić information content (AvgIpc) is 2.15. The number of carboxylic acids is 1. The summed E-state index contributed by atoms with van der Waals surface area (Å²) in [5, 5.41) is 17.5. The molecule has 0 fully saturated rings. The summed E-state index contributed by atoms with van der Waals surface area (Å²) in [4.78, 5) is 22.0. The number of aromatic hydroxyl groups is 1. The van der Waals surface area contributed by atoms with Gasteiger partial charge in [0.25, 0.3) is 0 Å². The van der Waals surface area contributed by atoms with E-state index in [1.54, 1.807) is 0 Å². The van der Waals surface area contributed by atoms with Crippen molar-refractivity contribution in [3.8, 4) is 5.75 Å². The number of aliphatic carboxylic acids is 1. The Bertz CT molecular complexity index is 376. The van der Waals surface area contributed by atoms with E-state index in [0.717, 1.165) is 4.90 Å². The van der Waals surface area contributed by atoms with Crippen molar-refractivity contribution in [2.75, 3.05) is 11.4 Å². The summed E-state index contributed by atoms with van der Waals surface area (Å²) in [6.45, 7) is -0.576. The fraction of sp³-hybridized carbons (Fsp3) is 0.111. The number of anilines is 1. The standard InChI is InChI=1S/C9H9NO4/c11-6-10(5-9(13)14)7-1-3-8(12)4-2-7/h1-4,6,12H,5H2,(H,13,14)/i6D. The highest BCUT2D eigenvalue weighted by Gasteiger charge is 2.08. The van der Waals surface area contributed by atoms with E-state index in [0.29, 0.717) is 0 Å². The van der Waals surface area contributed by atoms with Crippen molar-refractivity contribution in [3.05, 3.63) is 24.3 Å². The monoisotopic (exact) mass is 196 g/mol. The van der Waals surface area contributed by atoms with Gasteiger partial charge in [-0.05, 0) is 24.3 Å². The van der Waals surface area contributed by atoms with Gasteiger partial charge in [-0.3, -0.25) is 9.59 Å². The molecule has 0 aromatic heterocycles. The van der Waals surface area contributed by atoms with E-state index < -0.39 is 18.9 Å². The fourth-order valence-corrected chi connectivity index (χ4v) is 0.944. The molecule has 0 unspecified atom stereocenters. The highest BCUT2D eigenvalue weighted by molar-refractivity contribution is 5.84. The zero-order valence-corrected chi connectivity index (χ0v) is 7.17. The molecule has 0 atom stereocenters. The third-order valence-corrected chi connectivity index (χ3v) is 1.56. The van der Waals surface area contributed by atoms with Crippen LogP contribution in [0.25, 0.3) is 0 Å². The van der Waals surface area contributed by atoms with Crippen LogP contribution in [0, 0.1) is 0 Å². The van der Waals surface area contributed by atoms with Gasteiger partial charge in [0.1, 0.15) is 13.7 Å². The number of rotatable bonds is 3. The van der Waals surface area contributed by atoms with Crippen LogP contribution in [-0.4, -0.2) is 29.1 Å². The Morgan fingerprint density at radius 2 is 2.07 bits per heavy atom. The third kappa shape index (κ3) is 2.48. The lowest BCUT2D eigenvalue weighted by atomic mass is 10.3. The Morgan fingerprint density at radius 1 is 1.50 bits per heavy atom. The summed E-state index contributed by atoms with van der Waals surface area (Å²) in [7, 11) is 0. The largest absolute Gasteiger partial charge is 0.508 e. The smallest absolute Gasteiger partial charge is 0.323 e. The van der Waals surface area contributed by atoms with Crippen molar-refractivity contribution in [3.63, 3.8) is 0 Å². The Morgan fingerprint density at radius 3 is 2.50 bits per heavy atom. The number of carbonyl (C=O) groups excluding carboxylic acids is 1. The van der Waals surface area contributed by atoms with Crippen LogP contribution in [0.5, 0.6) is 5.75 Å². The molecule has 0 heterocycles. The lowest BCUT2D eigenvalue weighted by Gasteiger charge is -2.14. The van der Waals surface area contributed by atoms with E-state index in [1.165, 1.54) is 24.3 Å². The minimum Gasteiger partial charge on any atom is -0.508 e. The molecular weight excluding hydrogens is 186 g/mol. The van der Waals surface area contributed by atoms with Crippen molar-refractivity contribution in [1.29, 1.82) is 0 Å². The quantitative estimate of drug-likeness (QED) is 0.687. The first-order valence-electron chi connectivity index (χ1n) is 4.29. The van der Waals surface area contributed by atoms with Gasteiger partial charge in [-0.1, -0.05) is 0 Å². The molecule has 1 rings (SSSR count). The van der Waals surface area contributed by atoms with Crippen LogP contribution >= 0.6 is 0 Å². The predicted molar refractivity (Wildman–Crippen MR) is 49.2 cm³/mol. The van der Waals surface area contributed by atoms with Gasteiger partial charge in [0.05, 0.1) is 0 Å². The second-order valence-electron chi connectivity index (χ2n) is 2.59. The Kier molecular flexibility index (Phi) is 2.61. The zero-order chi connectivity index (χ0) is 11.4. The van der Waals surface area contributed by atoms with Gasteiger partial charge in [0, 0.05) is 5.69 Å². The topological polar surface area (TPSA) is 77.8 Å². The second kappa shape index (κ2) is 4.27. The first-order valence-corrected chi connectivity index (χ1v) is 3.79. The molecule has 14 heavy (non-hydrogen) atoms. The Labute approximate surface area is 81.6 Å². The Balaban J connectivity index is 2.94. The number of carboxylic acid groups (broad SMARTS) is 1. The number of phenols is 1. The van der Waals surface area contributed by atoms with E-state index in [4.69, 9.17) is 11.6 Å². The van der Waals surface area contributed by atoms with Crippen LogP contribution < -0.4 is 4.90 Å². The number of nitrogens with zero attached hydrogens (tertiary/aromatic N) is 1. The summed E-state index contributed by atoms with van der Waals surface area (Å²) in [6.07, 6.45) is -1.11. The molecule has 1 aromatic carbocycles. The molecule has 0 spiro atoms. The van der Waals surface area contributed by atoms with E-state index >= 15 is 0 Å². The molecule has 0 aliphatic heterocycles. The summed E-state index contributed by atoms with van der Waals surface area (Å²) >= 11 is 0. The molecule has 0 aliphatic rings. The van der Waals surface area contributed by atoms with Gasteiger partial charge in [-0.25, -0.2) is 0 Å². The number of phenolic OH excluding ortho intramolecular Hbond substituents is 1. The van der Waals surface area contributed by atoms with E-state index in [9.17, 15) is 9.59 Å². The lowest BCUT2D eigenvalue weighted by Crippen LogP contribution is -2.27. The summed E-state index contributed by atoms with van der Waals surface area (Å²) in [6, 6.07) is 5.36. The molecule has 0 radical (unpaired) electrons. The number of hydrogen-bond donors (Lipinski definition) is 2. The molecule has 1 aromatic rings. The van der Waals surface area contributed by atoms with E-state index in [-0.39, 0.29) is 11.4 Å². The molecule has 5 heteroatoms. The summed E-state index contributed by atoms with van der Waals surface area (Å²) in [5.74, 6) is -1.20. The van der Waals surface area contributed by atoms with Gasteiger partial charge in [0.15, 0.2) is 0 Å². The predicted octanol–water partition coefficient (Wildman–Crippen LogP) is 0.440. The summed E-state index contributed by atoms with van der Waals surface area (Å²) in [5.41, 5.74) is 0.259. The van der Waals surface area contributed by atoms with Gasteiger partial charge in [-0.2, -0.15) is 0 Å². The van der Waals surface area contributed by atoms with Gasteiger partial charge in [-0.15, -0.1) is 0 Å². The molecule has 0 bridgehead atoms. The highest BCUT2D eigenvalue weighted by atomic mass is 16.4. The SMILES string of the molecule is [2H]C(=O)N(CC(=O)O)c1ccc(O)cc1. The zero-order valence-electron chi connectivity index (χ0n) is 8.17. The first-order chi connectivity index (χ1) is 7.00. The number of amides is 1. The molecule has 2 N–H and O–H groups in total. The van der Waals surface area contributed by atoms with Crippen LogP contribution in [0.3, 0.4) is 0 Å². The third-order valence-electron chi connectivity index (χ3n) is 1.56. The van der Waals surface area contributed by atoms with Crippen molar-refractivity contribution in [2.24, 2.45) is 0 Å². The average molecular weight is 196 g/mol. The van der Waals surface area contributed by atoms with Crippen LogP contribution in [-0.2, 0) is 9.59 Å². The van der Waals surface area contributed by atoms with Gasteiger partial charge in [0.2, 0.25) is 6.39 Å². The normalized spacial score (nSPS) is 10.4. The second-order valence-corrected chi connectivity index (χ2v) is 2.59. The summed E-state index contributed by atoms with van der Waals surface area (Å²) < 4.78 is 6.88. The molecule has 74 valence electrons. The molecule has 0 saturated carbocycles. The van der Waals surface area contributed by atoms with Gasteiger partial charge < -0.3 is 15.1 Å². The van der Waals surface area contributed by atoms with Crippen LogP contribution in [0.1, 0.15) is 1.37 Å². The molecule has 5 nitrogen and oxygen atoms in total. The molecular formula is C9H9NO4. The Hall–Kier alpha value is -2.04. The van der Waals surface area contributed by atoms with E-state index in [1.807, 2.05) is 0 Å². The first kappa shape index (κ1) is 8.55. The minimum atomic E-state index is -1.20. The van der Waals surface area contributed by atoms with Crippen LogP contribution in [0.4, 0.5) is 5.69 Å². The van der Waals surface area contributed by atoms with E-state index in [2.05, 4.69) is 0 Å². The van der Waals surface area contributed by atoms with Crippen LogP contribution in [0.15, 0.2) is 24.3 Å². The maximum absolute atomic E-state index is 10.8. The minimum absolute atomic E-state index is 0.00598. The number of benzene rings is 1.